The van der Waals surface area contributed by atoms with Crippen LogP contribution in [-0.2, 0) is 4.79 Å². The Hall–Kier alpha value is -1.03. The van der Waals surface area contributed by atoms with Gasteiger partial charge in [0.15, 0.2) is 0 Å². The number of Topliss-reactive ketones (excluding diaryl/α,β-unsaturated/α-hetero) is 1. The highest BCUT2D eigenvalue weighted by molar-refractivity contribution is 5.75. The zero-order valence-corrected chi connectivity index (χ0v) is 7.68. The highest BCUT2D eigenvalue weighted by Gasteiger charge is 1.91. The van der Waals surface area contributed by atoms with Crippen LogP contribution in [0, 0.1) is 12.3 Å². The molecule has 0 N–H and O–H groups in total. The van der Waals surface area contributed by atoms with Crippen molar-refractivity contribution in [2.24, 2.45) is 0 Å². The van der Waals surface area contributed by atoms with Crippen molar-refractivity contribution in [2.45, 2.75) is 39.0 Å². The Labute approximate surface area is 74.9 Å². The summed E-state index contributed by atoms with van der Waals surface area (Å²) in [4.78, 5) is 10.5. The van der Waals surface area contributed by atoms with Crippen LogP contribution in [0.25, 0.3) is 0 Å². The molecule has 1 heteroatoms. The highest BCUT2D eigenvalue weighted by Crippen LogP contribution is 2.03. The number of allylic oxidation sites excluding steroid dienone is 2. The second-order valence-corrected chi connectivity index (χ2v) is 2.87. The van der Waals surface area contributed by atoms with Gasteiger partial charge in [0.1, 0.15) is 5.78 Å². The molecule has 0 atom stereocenters. The summed E-state index contributed by atoms with van der Waals surface area (Å²) in [5.41, 5.74) is 0. The topological polar surface area (TPSA) is 17.1 Å². The van der Waals surface area contributed by atoms with Crippen LogP contribution in [0.2, 0.25) is 0 Å². The SMILES string of the molecule is C#C/C=C\CCCCCC(C)=O. The number of carbonyl (C=O) groups is 1. The van der Waals surface area contributed by atoms with Gasteiger partial charge in [0.05, 0.1) is 0 Å². The maximum atomic E-state index is 10.5. The van der Waals surface area contributed by atoms with E-state index in [1.165, 1.54) is 0 Å². The molecule has 0 aliphatic heterocycles. The molecule has 12 heavy (non-hydrogen) atoms. The molecule has 0 unspecified atom stereocenters. The van der Waals surface area contributed by atoms with E-state index in [2.05, 4.69) is 5.92 Å². The minimum absolute atomic E-state index is 0.286. The van der Waals surface area contributed by atoms with Gasteiger partial charge in [-0.15, -0.1) is 6.42 Å². The quantitative estimate of drug-likeness (QED) is 0.436. The molecule has 0 aromatic rings. The smallest absolute Gasteiger partial charge is 0.129 e. The molecule has 0 heterocycles. The van der Waals surface area contributed by atoms with E-state index in [4.69, 9.17) is 6.42 Å². The Kier molecular flexibility index (Phi) is 7.38. The molecule has 0 aliphatic carbocycles. The summed E-state index contributed by atoms with van der Waals surface area (Å²) >= 11 is 0. The number of hydrogen-bond acceptors (Lipinski definition) is 1. The number of unbranched alkanes of at least 4 members (excludes halogenated alkanes) is 3. The third kappa shape index (κ3) is 8.97. The monoisotopic (exact) mass is 164 g/mol. The molecule has 0 aromatic heterocycles. The second-order valence-electron chi connectivity index (χ2n) is 2.87. The van der Waals surface area contributed by atoms with Crippen molar-refractivity contribution in [1.29, 1.82) is 0 Å². The van der Waals surface area contributed by atoms with Gasteiger partial charge in [-0.3, -0.25) is 0 Å². The molecule has 0 amide bonds. The van der Waals surface area contributed by atoms with Crippen LogP contribution in [-0.4, -0.2) is 5.78 Å². The maximum Gasteiger partial charge on any atom is 0.129 e. The maximum absolute atomic E-state index is 10.5. The first-order chi connectivity index (χ1) is 5.77. The van der Waals surface area contributed by atoms with Gasteiger partial charge in [-0.25, -0.2) is 0 Å². The standard InChI is InChI=1S/C11H16O/c1-3-4-5-6-7-8-9-10-11(2)12/h1,4-5H,6-10H2,2H3/b5-4-. The van der Waals surface area contributed by atoms with E-state index in [0.717, 1.165) is 32.1 Å². The third-order valence-electron chi connectivity index (χ3n) is 1.61. The number of terminal acetylenes is 1. The first-order valence-electron chi connectivity index (χ1n) is 4.38. The zero-order valence-electron chi connectivity index (χ0n) is 7.68. The first kappa shape index (κ1) is 11.0. The first-order valence-corrected chi connectivity index (χ1v) is 4.38. The van der Waals surface area contributed by atoms with E-state index in [0.29, 0.717) is 0 Å². The fourth-order valence-electron chi connectivity index (χ4n) is 0.964. The molecule has 0 saturated carbocycles. The van der Waals surface area contributed by atoms with E-state index in [1.807, 2.05) is 6.08 Å². The molecular formula is C11H16O. The van der Waals surface area contributed by atoms with Gasteiger partial charge in [-0.2, -0.15) is 0 Å². The largest absolute Gasteiger partial charge is 0.300 e. The van der Waals surface area contributed by atoms with Crippen molar-refractivity contribution in [2.75, 3.05) is 0 Å². The van der Waals surface area contributed by atoms with Crippen molar-refractivity contribution in [3.63, 3.8) is 0 Å². The van der Waals surface area contributed by atoms with Crippen LogP contribution in [0.4, 0.5) is 0 Å². The molecule has 0 aliphatic rings. The fraction of sp³-hybridized carbons (Fsp3) is 0.545. The van der Waals surface area contributed by atoms with Crippen LogP contribution in [0.3, 0.4) is 0 Å². The zero-order chi connectivity index (χ0) is 9.23. The minimum atomic E-state index is 0.286. The summed E-state index contributed by atoms with van der Waals surface area (Å²) in [7, 11) is 0. The van der Waals surface area contributed by atoms with Crippen molar-refractivity contribution >= 4 is 5.78 Å². The molecule has 0 spiro atoms. The van der Waals surface area contributed by atoms with Crippen LogP contribution in [0.5, 0.6) is 0 Å². The van der Waals surface area contributed by atoms with Crippen LogP contribution >= 0.6 is 0 Å². The average Bonchev–Trinajstić information content (AvgIpc) is 2.02. The number of rotatable bonds is 6. The number of carbonyl (C=O) groups excluding carboxylic acids is 1. The van der Waals surface area contributed by atoms with Gasteiger partial charge >= 0.3 is 0 Å². The number of hydrogen-bond donors (Lipinski definition) is 0. The summed E-state index contributed by atoms with van der Waals surface area (Å²) < 4.78 is 0. The highest BCUT2D eigenvalue weighted by atomic mass is 16.1. The van der Waals surface area contributed by atoms with Crippen molar-refractivity contribution in [3.05, 3.63) is 12.2 Å². The third-order valence-corrected chi connectivity index (χ3v) is 1.61. The molecule has 66 valence electrons. The van der Waals surface area contributed by atoms with E-state index >= 15 is 0 Å². The van der Waals surface area contributed by atoms with Crippen LogP contribution in [0.15, 0.2) is 12.2 Å². The molecule has 0 aromatic carbocycles. The summed E-state index contributed by atoms with van der Waals surface area (Å²) in [6.45, 7) is 1.64. The molecule has 0 bridgehead atoms. The lowest BCUT2D eigenvalue weighted by Crippen LogP contribution is -1.88. The molecule has 0 radical (unpaired) electrons. The minimum Gasteiger partial charge on any atom is -0.300 e. The van der Waals surface area contributed by atoms with E-state index in [9.17, 15) is 4.79 Å². The Balaban J connectivity index is 3.07. The van der Waals surface area contributed by atoms with Gasteiger partial charge in [0, 0.05) is 6.42 Å². The van der Waals surface area contributed by atoms with Crippen LogP contribution < -0.4 is 0 Å². The molecule has 0 fully saturated rings. The van der Waals surface area contributed by atoms with Crippen molar-refractivity contribution in [3.8, 4) is 12.3 Å². The molecular weight excluding hydrogens is 148 g/mol. The Morgan fingerprint density at radius 2 is 2.17 bits per heavy atom. The predicted octanol–water partition coefficient (Wildman–Crippen LogP) is 2.72. The van der Waals surface area contributed by atoms with Gasteiger partial charge in [-0.1, -0.05) is 18.4 Å². The summed E-state index contributed by atoms with van der Waals surface area (Å²) in [5.74, 6) is 2.73. The Morgan fingerprint density at radius 1 is 1.42 bits per heavy atom. The van der Waals surface area contributed by atoms with E-state index in [-0.39, 0.29) is 5.78 Å². The lowest BCUT2D eigenvalue weighted by atomic mass is 10.1. The van der Waals surface area contributed by atoms with E-state index < -0.39 is 0 Å². The summed E-state index contributed by atoms with van der Waals surface area (Å²) in [6, 6.07) is 0. The molecule has 1 nitrogen and oxygen atoms in total. The molecule has 0 saturated heterocycles. The second kappa shape index (κ2) is 8.07. The lowest BCUT2D eigenvalue weighted by molar-refractivity contribution is -0.117. The van der Waals surface area contributed by atoms with Crippen molar-refractivity contribution < 1.29 is 4.79 Å². The number of ketones is 1. The van der Waals surface area contributed by atoms with Gasteiger partial charge < -0.3 is 4.79 Å². The van der Waals surface area contributed by atoms with Gasteiger partial charge in [0.25, 0.3) is 0 Å². The molecule has 0 rings (SSSR count). The Morgan fingerprint density at radius 3 is 2.75 bits per heavy atom. The van der Waals surface area contributed by atoms with Gasteiger partial charge in [-0.05, 0) is 32.3 Å². The normalized spacial score (nSPS) is 10.0. The van der Waals surface area contributed by atoms with Gasteiger partial charge in [0.2, 0.25) is 0 Å². The van der Waals surface area contributed by atoms with E-state index in [1.54, 1.807) is 13.0 Å². The average molecular weight is 164 g/mol. The van der Waals surface area contributed by atoms with Crippen LogP contribution in [0.1, 0.15) is 39.0 Å². The predicted molar refractivity (Wildman–Crippen MR) is 51.7 cm³/mol. The fourth-order valence-corrected chi connectivity index (χ4v) is 0.964. The lowest BCUT2D eigenvalue weighted by Gasteiger charge is -1.94. The summed E-state index contributed by atoms with van der Waals surface area (Å²) in [6.07, 6.45) is 13.8. The summed E-state index contributed by atoms with van der Waals surface area (Å²) in [5, 5.41) is 0. The Bertz CT molecular complexity index is 184. The van der Waals surface area contributed by atoms with Crippen molar-refractivity contribution in [1.82, 2.24) is 0 Å².